The molecule has 118 valence electrons. The smallest absolute Gasteiger partial charge is 0.255 e. The number of aryl methyl sites for hydroxylation is 1. The molecule has 1 amide bonds. The summed E-state index contributed by atoms with van der Waals surface area (Å²) in [6, 6.07) is 5.52. The van der Waals surface area contributed by atoms with E-state index >= 15 is 0 Å². The van der Waals surface area contributed by atoms with E-state index in [1.54, 1.807) is 13.2 Å². The Hall–Kier alpha value is -0.810. The van der Waals surface area contributed by atoms with Crippen LogP contribution in [0.4, 0.5) is 0 Å². The van der Waals surface area contributed by atoms with Crippen LogP contribution >= 0.6 is 24.0 Å². The van der Waals surface area contributed by atoms with Crippen molar-refractivity contribution in [2.75, 3.05) is 20.2 Å². The summed E-state index contributed by atoms with van der Waals surface area (Å²) in [6.45, 7) is 3.05. The molecule has 0 spiro atoms. The highest BCUT2D eigenvalue weighted by Gasteiger charge is 2.31. The van der Waals surface area contributed by atoms with Gasteiger partial charge in [0.15, 0.2) is 0 Å². The van der Waals surface area contributed by atoms with Crippen LogP contribution in [0.15, 0.2) is 18.2 Å². The molecular formula is C15H22Cl2N2O2. The van der Waals surface area contributed by atoms with Gasteiger partial charge < -0.3 is 15.4 Å². The Labute approximate surface area is 137 Å². The molecule has 1 fully saturated rings. The minimum absolute atomic E-state index is 0. The average Bonchev–Trinajstić information content (AvgIpc) is 2.46. The van der Waals surface area contributed by atoms with Gasteiger partial charge in [0.2, 0.25) is 0 Å². The molecule has 2 atom stereocenters. The maximum atomic E-state index is 12.6. The number of hydrogen-bond donors (Lipinski definition) is 1. The quantitative estimate of drug-likeness (QED) is 0.925. The molecule has 1 aliphatic rings. The first-order valence-corrected chi connectivity index (χ1v) is 7.24. The van der Waals surface area contributed by atoms with E-state index in [2.05, 4.69) is 0 Å². The van der Waals surface area contributed by atoms with Gasteiger partial charge in [-0.1, -0.05) is 17.7 Å². The summed E-state index contributed by atoms with van der Waals surface area (Å²) in [7, 11) is 1.70. The molecule has 0 bridgehead atoms. The fourth-order valence-corrected chi connectivity index (χ4v) is 2.98. The fourth-order valence-electron chi connectivity index (χ4n) is 2.67. The molecule has 0 aromatic heterocycles. The number of methoxy groups -OCH3 is 1. The highest BCUT2D eigenvalue weighted by Crippen LogP contribution is 2.25. The van der Waals surface area contributed by atoms with Crippen molar-refractivity contribution < 1.29 is 9.53 Å². The van der Waals surface area contributed by atoms with Crippen LogP contribution in [0.25, 0.3) is 0 Å². The molecule has 21 heavy (non-hydrogen) atoms. The van der Waals surface area contributed by atoms with E-state index in [0.29, 0.717) is 23.7 Å². The minimum atomic E-state index is -0.0417. The fraction of sp³-hybridized carbons (Fsp3) is 0.533. The second-order valence-electron chi connectivity index (χ2n) is 5.25. The van der Waals surface area contributed by atoms with E-state index in [1.165, 1.54) is 0 Å². The van der Waals surface area contributed by atoms with E-state index in [-0.39, 0.29) is 30.5 Å². The number of piperidine rings is 1. The maximum Gasteiger partial charge on any atom is 0.255 e. The molecule has 1 saturated heterocycles. The lowest BCUT2D eigenvalue weighted by atomic mass is 9.98. The molecule has 2 unspecified atom stereocenters. The number of amides is 1. The van der Waals surface area contributed by atoms with Crippen LogP contribution in [-0.2, 0) is 4.74 Å². The topological polar surface area (TPSA) is 55.6 Å². The Morgan fingerprint density at radius 3 is 2.81 bits per heavy atom. The number of nitrogens with two attached hydrogens (primary N) is 1. The van der Waals surface area contributed by atoms with E-state index in [9.17, 15) is 4.79 Å². The monoisotopic (exact) mass is 332 g/mol. The third-order valence-electron chi connectivity index (χ3n) is 3.89. The van der Waals surface area contributed by atoms with Crippen LogP contribution in [0.3, 0.4) is 0 Å². The summed E-state index contributed by atoms with van der Waals surface area (Å²) in [4.78, 5) is 14.5. The van der Waals surface area contributed by atoms with Crippen molar-refractivity contribution in [2.24, 2.45) is 5.73 Å². The molecule has 2 N–H and O–H groups in total. The second kappa shape index (κ2) is 7.99. The summed E-state index contributed by atoms with van der Waals surface area (Å²) < 4.78 is 5.38. The van der Waals surface area contributed by atoms with Gasteiger partial charge in [0, 0.05) is 26.2 Å². The average molecular weight is 333 g/mol. The van der Waals surface area contributed by atoms with E-state index in [4.69, 9.17) is 22.1 Å². The van der Waals surface area contributed by atoms with Crippen LogP contribution in [0.2, 0.25) is 5.02 Å². The van der Waals surface area contributed by atoms with Crippen molar-refractivity contribution in [2.45, 2.75) is 31.9 Å². The number of likely N-dealkylation sites (tertiary alicyclic amines) is 1. The summed E-state index contributed by atoms with van der Waals surface area (Å²) in [5.74, 6) is -0.0417. The maximum absolute atomic E-state index is 12.6. The zero-order valence-corrected chi connectivity index (χ0v) is 13.9. The first-order chi connectivity index (χ1) is 9.56. The molecule has 0 radical (unpaired) electrons. The van der Waals surface area contributed by atoms with Gasteiger partial charge in [-0.05, 0) is 37.5 Å². The lowest BCUT2D eigenvalue weighted by Gasteiger charge is -2.38. The van der Waals surface area contributed by atoms with Crippen molar-refractivity contribution in [3.05, 3.63) is 34.3 Å². The number of halogens is 2. The molecule has 4 nitrogen and oxygen atoms in total. The zero-order chi connectivity index (χ0) is 14.7. The van der Waals surface area contributed by atoms with Crippen LogP contribution in [0.5, 0.6) is 0 Å². The van der Waals surface area contributed by atoms with Gasteiger partial charge in [0.25, 0.3) is 5.91 Å². The predicted molar refractivity (Wildman–Crippen MR) is 87.3 cm³/mol. The van der Waals surface area contributed by atoms with Gasteiger partial charge in [-0.15, -0.1) is 12.4 Å². The van der Waals surface area contributed by atoms with Crippen LogP contribution in [-0.4, -0.2) is 43.2 Å². The Morgan fingerprint density at radius 2 is 2.24 bits per heavy atom. The van der Waals surface area contributed by atoms with Crippen molar-refractivity contribution in [3.63, 3.8) is 0 Å². The largest absolute Gasteiger partial charge is 0.381 e. The van der Waals surface area contributed by atoms with Crippen molar-refractivity contribution in [1.82, 2.24) is 4.90 Å². The number of carbonyl (C=O) groups excluding carboxylic acids is 1. The first kappa shape index (κ1) is 18.2. The lowest BCUT2D eigenvalue weighted by molar-refractivity contribution is 0.0139. The summed E-state index contributed by atoms with van der Waals surface area (Å²) >= 11 is 6.19. The number of nitrogens with zero attached hydrogens (tertiary/aromatic N) is 1. The normalized spacial score (nSPS) is 21.8. The number of hydrogen-bond acceptors (Lipinski definition) is 3. The van der Waals surface area contributed by atoms with Gasteiger partial charge in [0.05, 0.1) is 16.7 Å². The molecule has 6 heteroatoms. The van der Waals surface area contributed by atoms with Crippen LogP contribution < -0.4 is 5.73 Å². The number of ether oxygens (including phenoxy) is 1. The number of rotatable bonds is 3. The number of carbonyl (C=O) groups is 1. The molecule has 1 aromatic carbocycles. The van der Waals surface area contributed by atoms with Crippen molar-refractivity contribution in [1.29, 1.82) is 0 Å². The first-order valence-electron chi connectivity index (χ1n) is 6.86. The minimum Gasteiger partial charge on any atom is -0.381 e. The van der Waals surface area contributed by atoms with Gasteiger partial charge in [-0.25, -0.2) is 0 Å². The highest BCUT2D eigenvalue weighted by atomic mass is 35.5. The molecule has 1 aliphatic heterocycles. The molecule has 2 rings (SSSR count). The Morgan fingerprint density at radius 1 is 1.52 bits per heavy atom. The third kappa shape index (κ3) is 4.10. The highest BCUT2D eigenvalue weighted by molar-refractivity contribution is 6.33. The Bertz CT molecular complexity index is 497. The Balaban J connectivity index is 0.00000220. The Kier molecular flexibility index (Phi) is 6.94. The molecule has 0 saturated carbocycles. The summed E-state index contributed by atoms with van der Waals surface area (Å²) in [5.41, 5.74) is 7.40. The SMILES string of the molecule is COC1CCN(C(=O)c2ccc(C)cc2Cl)C(CN)C1.Cl. The summed E-state index contributed by atoms with van der Waals surface area (Å²) in [5, 5.41) is 0.500. The summed E-state index contributed by atoms with van der Waals surface area (Å²) in [6.07, 6.45) is 1.80. The molecular weight excluding hydrogens is 311 g/mol. The van der Waals surface area contributed by atoms with Gasteiger partial charge in [-0.2, -0.15) is 0 Å². The lowest BCUT2D eigenvalue weighted by Crippen LogP contribution is -2.51. The van der Waals surface area contributed by atoms with Gasteiger partial charge in [0.1, 0.15) is 0 Å². The molecule has 1 heterocycles. The van der Waals surface area contributed by atoms with E-state index < -0.39 is 0 Å². The van der Waals surface area contributed by atoms with Crippen molar-refractivity contribution >= 4 is 29.9 Å². The van der Waals surface area contributed by atoms with Crippen LogP contribution in [0, 0.1) is 6.92 Å². The van der Waals surface area contributed by atoms with Gasteiger partial charge in [-0.3, -0.25) is 4.79 Å². The third-order valence-corrected chi connectivity index (χ3v) is 4.20. The van der Waals surface area contributed by atoms with E-state index in [1.807, 2.05) is 24.0 Å². The molecule has 0 aliphatic carbocycles. The number of benzene rings is 1. The molecule has 1 aromatic rings. The van der Waals surface area contributed by atoms with Gasteiger partial charge >= 0.3 is 0 Å². The standard InChI is InChI=1S/C15H21ClN2O2.ClH/c1-10-3-4-13(14(16)7-10)15(19)18-6-5-12(20-2)8-11(18)9-17;/h3-4,7,11-12H,5-6,8-9,17H2,1-2H3;1H. The zero-order valence-electron chi connectivity index (χ0n) is 12.3. The van der Waals surface area contributed by atoms with Crippen molar-refractivity contribution in [3.8, 4) is 0 Å². The van der Waals surface area contributed by atoms with E-state index in [0.717, 1.165) is 18.4 Å². The second-order valence-corrected chi connectivity index (χ2v) is 5.66. The predicted octanol–water partition coefficient (Wildman–Crippen LogP) is 2.65. The van der Waals surface area contributed by atoms with Crippen LogP contribution in [0.1, 0.15) is 28.8 Å².